The van der Waals surface area contributed by atoms with Crippen LogP contribution in [0.25, 0.3) is 0 Å². The Kier molecular flexibility index (Phi) is 3.24. The summed E-state index contributed by atoms with van der Waals surface area (Å²) in [5, 5.41) is 9.77. The van der Waals surface area contributed by atoms with Crippen LogP contribution >= 0.6 is 0 Å². The summed E-state index contributed by atoms with van der Waals surface area (Å²) in [5.41, 5.74) is 1.70. The summed E-state index contributed by atoms with van der Waals surface area (Å²) in [7, 11) is 0. The van der Waals surface area contributed by atoms with Gasteiger partial charge in [-0.15, -0.1) is 0 Å². The quantitative estimate of drug-likeness (QED) is 0.794. The van der Waals surface area contributed by atoms with Crippen molar-refractivity contribution in [2.75, 3.05) is 11.9 Å². The predicted octanol–water partition coefficient (Wildman–Crippen LogP) is 1.37. The Morgan fingerprint density at radius 1 is 1.50 bits per heavy atom. The van der Waals surface area contributed by atoms with Gasteiger partial charge < -0.3 is 9.84 Å². The zero-order chi connectivity index (χ0) is 11.5. The minimum absolute atomic E-state index is 0.0287. The third-order valence-electron chi connectivity index (χ3n) is 3.02. The fourth-order valence-corrected chi connectivity index (χ4v) is 1.81. The summed E-state index contributed by atoms with van der Waals surface area (Å²) in [6.45, 7) is 4.65. The number of anilines is 1. The molecule has 1 aromatic rings. The molecule has 1 saturated heterocycles. The van der Waals surface area contributed by atoms with Gasteiger partial charge in [0, 0.05) is 5.56 Å². The fourth-order valence-electron chi connectivity index (χ4n) is 1.81. The molecule has 1 aliphatic rings. The van der Waals surface area contributed by atoms with Gasteiger partial charge in [-0.3, -0.25) is 10.1 Å². The van der Waals surface area contributed by atoms with E-state index in [0.29, 0.717) is 5.88 Å². The van der Waals surface area contributed by atoms with Gasteiger partial charge in [0.25, 0.3) is 0 Å². The van der Waals surface area contributed by atoms with E-state index in [-0.39, 0.29) is 11.9 Å². The molecule has 88 valence electrons. The summed E-state index contributed by atoms with van der Waals surface area (Å²) in [4.78, 5) is 11.9. The van der Waals surface area contributed by atoms with Crippen LogP contribution in [0.3, 0.4) is 0 Å². The predicted molar refractivity (Wildman–Crippen MR) is 60.2 cm³/mol. The lowest BCUT2D eigenvalue weighted by Gasteiger charge is -2.21. The number of carbonyl (C=O) groups is 1. The van der Waals surface area contributed by atoms with E-state index in [2.05, 4.69) is 15.8 Å². The molecule has 5 nitrogen and oxygen atoms in total. The Labute approximate surface area is 94.6 Å². The highest BCUT2D eigenvalue weighted by Gasteiger charge is 2.22. The van der Waals surface area contributed by atoms with Crippen molar-refractivity contribution in [3.8, 4) is 0 Å². The molecular formula is C11H17N3O2. The van der Waals surface area contributed by atoms with Gasteiger partial charge in [-0.1, -0.05) is 11.6 Å². The number of carbonyl (C=O) groups excluding carboxylic acids is 1. The lowest BCUT2D eigenvalue weighted by Crippen LogP contribution is -2.43. The zero-order valence-corrected chi connectivity index (χ0v) is 9.67. The van der Waals surface area contributed by atoms with Crippen LogP contribution in [-0.2, 0) is 4.79 Å². The topological polar surface area (TPSA) is 67.2 Å². The number of aromatic nitrogens is 1. The normalized spacial score (nSPS) is 20.8. The Hall–Kier alpha value is -1.36. The molecule has 16 heavy (non-hydrogen) atoms. The molecule has 0 aliphatic carbocycles. The number of rotatable bonds is 2. The first-order chi connectivity index (χ1) is 7.68. The van der Waals surface area contributed by atoms with Gasteiger partial charge in [0.2, 0.25) is 11.8 Å². The van der Waals surface area contributed by atoms with Crippen molar-refractivity contribution in [3.05, 3.63) is 11.3 Å². The molecule has 0 spiro atoms. The molecule has 1 amide bonds. The summed E-state index contributed by atoms with van der Waals surface area (Å²) in [6.07, 6.45) is 3.13. The van der Waals surface area contributed by atoms with Crippen molar-refractivity contribution >= 4 is 11.8 Å². The Bertz CT molecular complexity index is 381. The first-order valence-electron chi connectivity index (χ1n) is 5.65. The Morgan fingerprint density at radius 2 is 2.31 bits per heavy atom. The van der Waals surface area contributed by atoms with Crippen LogP contribution in [0.1, 0.15) is 30.5 Å². The van der Waals surface area contributed by atoms with E-state index >= 15 is 0 Å². The summed E-state index contributed by atoms with van der Waals surface area (Å²) in [5.74, 6) is 0.439. The second-order valence-electron chi connectivity index (χ2n) is 4.21. The minimum atomic E-state index is -0.0986. The third-order valence-corrected chi connectivity index (χ3v) is 3.02. The molecule has 2 rings (SSSR count). The van der Waals surface area contributed by atoms with E-state index in [1.807, 2.05) is 13.8 Å². The molecule has 0 radical (unpaired) electrons. The first kappa shape index (κ1) is 11.1. The van der Waals surface area contributed by atoms with Crippen molar-refractivity contribution in [3.63, 3.8) is 0 Å². The monoisotopic (exact) mass is 223 g/mol. The van der Waals surface area contributed by atoms with Crippen LogP contribution in [0.4, 0.5) is 5.88 Å². The molecule has 0 aromatic carbocycles. The number of piperidine rings is 1. The van der Waals surface area contributed by atoms with Crippen LogP contribution in [-0.4, -0.2) is 23.7 Å². The second-order valence-corrected chi connectivity index (χ2v) is 4.21. The standard InChI is InChI=1S/C11H17N3O2/c1-7-8(2)14-16-11(7)13-10(15)9-5-3-4-6-12-9/h9,12H,3-6H2,1-2H3,(H,13,15)/t9-/m1/s1. The highest BCUT2D eigenvalue weighted by molar-refractivity contribution is 5.94. The van der Waals surface area contributed by atoms with E-state index in [4.69, 9.17) is 4.52 Å². The van der Waals surface area contributed by atoms with Crippen molar-refractivity contribution in [2.24, 2.45) is 0 Å². The van der Waals surface area contributed by atoms with Crippen LogP contribution in [0.15, 0.2) is 4.52 Å². The maximum absolute atomic E-state index is 11.9. The van der Waals surface area contributed by atoms with Crippen LogP contribution in [0, 0.1) is 13.8 Å². The average Bonchev–Trinajstić information content (AvgIpc) is 2.62. The lowest BCUT2D eigenvalue weighted by atomic mass is 10.0. The van der Waals surface area contributed by atoms with E-state index < -0.39 is 0 Å². The number of amides is 1. The Balaban J connectivity index is 1.98. The van der Waals surface area contributed by atoms with Gasteiger partial charge in [0.15, 0.2) is 0 Å². The summed E-state index contributed by atoms with van der Waals surface area (Å²) < 4.78 is 5.05. The van der Waals surface area contributed by atoms with Gasteiger partial charge in [-0.2, -0.15) is 0 Å². The van der Waals surface area contributed by atoms with Crippen molar-refractivity contribution in [1.29, 1.82) is 0 Å². The number of hydrogen-bond donors (Lipinski definition) is 2. The highest BCUT2D eigenvalue weighted by atomic mass is 16.5. The molecule has 1 aromatic heterocycles. The van der Waals surface area contributed by atoms with E-state index in [1.165, 1.54) is 0 Å². The molecule has 5 heteroatoms. The van der Waals surface area contributed by atoms with E-state index in [0.717, 1.165) is 37.1 Å². The van der Waals surface area contributed by atoms with Gasteiger partial charge in [0.05, 0.1) is 11.7 Å². The largest absolute Gasteiger partial charge is 0.338 e. The van der Waals surface area contributed by atoms with Gasteiger partial charge in [-0.05, 0) is 33.2 Å². The fraction of sp³-hybridized carbons (Fsp3) is 0.636. The lowest BCUT2D eigenvalue weighted by molar-refractivity contribution is -0.118. The first-order valence-corrected chi connectivity index (χ1v) is 5.65. The van der Waals surface area contributed by atoms with Gasteiger partial charge in [-0.25, -0.2) is 0 Å². The van der Waals surface area contributed by atoms with Crippen LogP contribution < -0.4 is 10.6 Å². The summed E-state index contributed by atoms with van der Waals surface area (Å²) >= 11 is 0. The van der Waals surface area contributed by atoms with E-state index in [1.54, 1.807) is 0 Å². The molecule has 1 fully saturated rings. The highest BCUT2D eigenvalue weighted by Crippen LogP contribution is 2.18. The molecule has 1 aliphatic heterocycles. The number of nitrogens with zero attached hydrogens (tertiary/aromatic N) is 1. The molecule has 0 bridgehead atoms. The van der Waals surface area contributed by atoms with Gasteiger partial charge >= 0.3 is 0 Å². The number of hydrogen-bond acceptors (Lipinski definition) is 4. The van der Waals surface area contributed by atoms with Crippen molar-refractivity contribution in [2.45, 2.75) is 39.2 Å². The number of aryl methyl sites for hydroxylation is 1. The van der Waals surface area contributed by atoms with Crippen LogP contribution in [0.5, 0.6) is 0 Å². The summed E-state index contributed by atoms with van der Waals surface area (Å²) in [6, 6.07) is -0.0986. The Morgan fingerprint density at radius 3 is 2.88 bits per heavy atom. The second kappa shape index (κ2) is 4.65. The maximum atomic E-state index is 11.9. The van der Waals surface area contributed by atoms with Crippen molar-refractivity contribution in [1.82, 2.24) is 10.5 Å². The zero-order valence-electron chi connectivity index (χ0n) is 9.67. The minimum Gasteiger partial charge on any atom is -0.338 e. The smallest absolute Gasteiger partial charge is 0.243 e. The molecule has 2 heterocycles. The molecule has 1 atom stereocenters. The maximum Gasteiger partial charge on any atom is 0.243 e. The third kappa shape index (κ3) is 2.24. The average molecular weight is 223 g/mol. The molecule has 2 N–H and O–H groups in total. The van der Waals surface area contributed by atoms with Crippen molar-refractivity contribution < 1.29 is 9.32 Å². The van der Waals surface area contributed by atoms with E-state index in [9.17, 15) is 4.79 Å². The molecule has 0 unspecified atom stereocenters. The molecular weight excluding hydrogens is 206 g/mol. The number of nitrogens with one attached hydrogen (secondary N) is 2. The SMILES string of the molecule is Cc1noc(NC(=O)[C@H]2CCCCN2)c1C. The van der Waals surface area contributed by atoms with Gasteiger partial charge in [0.1, 0.15) is 0 Å². The van der Waals surface area contributed by atoms with Crippen LogP contribution in [0.2, 0.25) is 0 Å². The molecule has 0 saturated carbocycles.